The van der Waals surface area contributed by atoms with Crippen molar-refractivity contribution >= 4 is 27.6 Å². The third-order valence-corrected chi connectivity index (χ3v) is 4.99. The van der Waals surface area contributed by atoms with Gasteiger partial charge in [-0.1, -0.05) is 29.8 Å². The maximum atomic E-state index is 12.3. The quantitative estimate of drug-likeness (QED) is 0.763. The Morgan fingerprint density at radius 1 is 1.17 bits per heavy atom. The van der Waals surface area contributed by atoms with Gasteiger partial charge in [-0.05, 0) is 49.2 Å². The molecule has 5 nitrogen and oxygen atoms in total. The van der Waals surface area contributed by atoms with Crippen LogP contribution in [0.15, 0.2) is 53.4 Å². The normalized spacial score (nSPS) is 11.2. The van der Waals surface area contributed by atoms with Crippen molar-refractivity contribution in [1.82, 2.24) is 4.72 Å². The first-order valence-electron chi connectivity index (χ1n) is 7.43. The number of sulfonamides is 1. The summed E-state index contributed by atoms with van der Waals surface area (Å²) in [6.07, 6.45) is 0.536. The van der Waals surface area contributed by atoms with Gasteiger partial charge in [0, 0.05) is 11.6 Å². The lowest BCUT2D eigenvalue weighted by Gasteiger charge is -2.08. The van der Waals surface area contributed by atoms with Crippen LogP contribution in [0.4, 0.5) is 0 Å². The lowest BCUT2D eigenvalue weighted by atomic mass is 10.2. The van der Waals surface area contributed by atoms with Crippen LogP contribution in [-0.4, -0.2) is 27.5 Å². The van der Waals surface area contributed by atoms with Gasteiger partial charge in [0.25, 0.3) is 0 Å². The summed E-state index contributed by atoms with van der Waals surface area (Å²) in [5.41, 5.74) is 1.18. The smallest absolute Gasteiger partial charge is 0.338 e. The van der Waals surface area contributed by atoms with Gasteiger partial charge in [-0.15, -0.1) is 0 Å². The van der Waals surface area contributed by atoms with Crippen molar-refractivity contribution in [2.45, 2.75) is 18.2 Å². The number of carbonyl (C=O) groups is 1. The third-order valence-electron chi connectivity index (χ3n) is 3.27. The summed E-state index contributed by atoms with van der Waals surface area (Å²) in [5, 5.41) is 0.634. The molecule has 7 heteroatoms. The number of hydrogen-bond acceptors (Lipinski definition) is 4. The number of benzene rings is 2. The molecule has 24 heavy (non-hydrogen) atoms. The van der Waals surface area contributed by atoms with Gasteiger partial charge in [-0.3, -0.25) is 0 Å². The Balaban J connectivity index is 2.03. The molecule has 0 fully saturated rings. The predicted octanol–water partition coefficient (Wildman–Crippen LogP) is 3.04. The summed E-state index contributed by atoms with van der Waals surface area (Å²) in [6, 6.07) is 13.0. The summed E-state index contributed by atoms with van der Waals surface area (Å²) in [5.74, 6) is -0.546. The number of ether oxygens (including phenoxy) is 1. The summed E-state index contributed by atoms with van der Waals surface area (Å²) in [6.45, 7) is 2.17. The van der Waals surface area contributed by atoms with Gasteiger partial charge in [0.2, 0.25) is 10.0 Å². The molecule has 1 N–H and O–H groups in total. The molecule has 0 aliphatic carbocycles. The highest BCUT2D eigenvalue weighted by Crippen LogP contribution is 2.13. The topological polar surface area (TPSA) is 72.5 Å². The molecule has 0 spiro atoms. The van der Waals surface area contributed by atoms with E-state index in [1.54, 1.807) is 19.1 Å². The lowest BCUT2D eigenvalue weighted by molar-refractivity contribution is 0.0526. The first-order chi connectivity index (χ1) is 11.4. The zero-order chi connectivity index (χ0) is 17.6. The van der Waals surface area contributed by atoms with Gasteiger partial charge >= 0.3 is 5.97 Å². The lowest BCUT2D eigenvalue weighted by Crippen LogP contribution is -2.26. The molecule has 2 aromatic rings. The Morgan fingerprint density at radius 2 is 1.88 bits per heavy atom. The van der Waals surface area contributed by atoms with Gasteiger partial charge in [0.05, 0.1) is 17.1 Å². The fourth-order valence-corrected chi connectivity index (χ4v) is 3.27. The van der Waals surface area contributed by atoms with E-state index in [9.17, 15) is 13.2 Å². The van der Waals surface area contributed by atoms with E-state index in [-0.39, 0.29) is 23.6 Å². The molecule has 0 saturated heterocycles. The van der Waals surface area contributed by atoms with E-state index in [1.165, 1.54) is 24.3 Å². The van der Waals surface area contributed by atoms with Crippen molar-refractivity contribution < 1.29 is 17.9 Å². The molecule has 2 aromatic carbocycles. The Hall–Kier alpha value is -1.89. The Kier molecular flexibility index (Phi) is 6.36. The highest BCUT2D eigenvalue weighted by molar-refractivity contribution is 7.89. The molecule has 0 saturated carbocycles. The molecule has 0 aliphatic rings. The van der Waals surface area contributed by atoms with E-state index in [0.717, 1.165) is 5.56 Å². The SMILES string of the molecule is CCOC(=O)c1cccc(S(=O)(=O)NCCc2ccc(Cl)cc2)c1. The molecular formula is C17H18ClNO4S. The summed E-state index contributed by atoms with van der Waals surface area (Å²) in [4.78, 5) is 11.7. The molecule has 0 radical (unpaired) electrons. The molecule has 0 amide bonds. The minimum atomic E-state index is -3.69. The van der Waals surface area contributed by atoms with Crippen molar-refractivity contribution in [3.63, 3.8) is 0 Å². The van der Waals surface area contributed by atoms with Crippen molar-refractivity contribution in [2.75, 3.05) is 13.2 Å². The maximum absolute atomic E-state index is 12.3. The molecule has 0 heterocycles. The van der Waals surface area contributed by atoms with Gasteiger partial charge in [-0.25, -0.2) is 17.9 Å². The fraction of sp³-hybridized carbons (Fsp3) is 0.235. The molecule has 0 aliphatic heterocycles. The molecule has 0 atom stereocenters. The van der Waals surface area contributed by atoms with Crippen LogP contribution in [0.3, 0.4) is 0 Å². The van der Waals surface area contributed by atoms with Gasteiger partial charge in [0.1, 0.15) is 0 Å². The number of carbonyl (C=O) groups excluding carboxylic acids is 1. The van der Waals surface area contributed by atoms with Crippen LogP contribution in [0.1, 0.15) is 22.8 Å². The van der Waals surface area contributed by atoms with E-state index < -0.39 is 16.0 Å². The monoisotopic (exact) mass is 367 g/mol. The number of halogens is 1. The van der Waals surface area contributed by atoms with Crippen LogP contribution in [0.25, 0.3) is 0 Å². The number of nitrogens with one attached hydrogen (secondary N) is 1. The van der Waals surface area contributed by atoms with Gasteiger partial charge in [0.15, 0.2) is 0 Å². The van der Waals surface area contributed by atoms with E-state index in [0.29, 0.717) is 11.4 Å². The third kappa shape index (κ3) is 5.06. The van der Waals surface area contributed by atoms with Crippen molar-refractivity contribution in [2.24, 2.45) is 0 Å². The molecule has 0 bridgehead atoms. The van der Waals surface area contributed by atoms with Gasteiger partial charge in [-0.2, -0.15) is 0 Å². The van der Waals surface area contributed by atoms with Crippen LogP contribution in [0, 0.1) is 0 Å². The van der Waals surface area contributed by atoms with E-state index in [2.05, 4.69) is 4.72 Å². The van der Waals surface area contributed by atoms with E-state index >= 15 is 0 Å². The Morgan fingerprint density at radius 3 is 2.54 bits per heavy atom. The summed E-state index contributed by atoms with van der Waals surface area (Å²) in [7, 11) is -3.69. The number of hydrogen-bond donors (Lipinski definition) is 1. The van der Waals surface area contributed by atoms with Crippen LogP contribution in [0.2, 0.25) is 5.02 Å². The standard InChI is InChI=1S/C17H18ClNO4S/c1-2-23-17(20)14-4-3-5-16(12-14)24(21,22)19-11-10-13-6-8-15(18)9-7-13/h3-9,12,19H,2,10-11H2,1H3. The first-order valence-corrected chi connectivity index (χ1v) is 9.30. The van der Waals surface area contributed by atoms with Crippen molar-refractivity contribution in [3.05, 3.63) is 64.7 Å². The molecule has 2 rings (SSSR count). The largest absolute Gasteiger partial charge is 0.462 e. The van der Waals surface area contributed by atoms with E-state index in [1.807, 2.05) is 12.1 Å². The highest BCUT2D eigenvalue weighted by atomic mass is 35.5. The minimum Gasteiger partial charge on any atom is -0.462 e. The predicted molar refractivity (Wildman–Crippen MR) is 92.7 cm³/mol. The van der Waals surface area contributed by atoms with Crippen LogP contribution in [0.5, 0.6) is 0 Å². The average Bonchev–Trinajstić information content (AvgIpc) is 2.57. The zero-order valence-electron chi connectivity index (χ0n) is 13.2. The zero-order valence-corrected chi connectivity index (χ0v) is 14.7. The fourth-order valence-electron chi connectivity index (χ4n) is 2.07. The summed E-state index contributed by atoms with van der Waals surface area (Å²) < 4.78 is 32.1. The van der Waals surface area contributed by atoms with Gasteiger partial charge < -0.3 is 4.74 Å². The van der Waals surface area contributed by atoms with Crippen LogP contribution >= 0.6 is 11.6 Å². The van der Waals surface area contributed by atoms with Crippen LogP contribution < -0.4 is 4.72 Å². The molecule has 0 aromatic heterocycles. The second-order valence-corrected chi connectivity index (χ2v) is 7.23. The average molecular weight is 368 g/mol. The number of esters is 1. The number of rotatable bonds is 7. The highest BCUT2D eigenvalue weighted by Gasteiger charge is 2.16. The summed E-state index contributed by atoms with van der Waals surface area (Å²) >= 11 is 5.81. The Labute approximate surface area is 146 Å². The molecular weight excluding hydrogens is 350 g/mol. The Bertz CT molecular complexity index is 804. The second-order valence-electron chi connectivity index (χ2n) is 5.02. The first kappa shape index (κ1) is 18.4. The van der Waals surface area contributed by atoms with Crippen molar-refractivity contribution in [1.29, 1.82) is 0 Å². The maximum Gasteiger partial charge on any atom is 0.338 e. The van der Waals surface area contributed by atoms with Crippen LogP contribution in [-0.2, 0) is 21.2 Å². The van der Waals surface area contributed by atoms with E-state index in [4.69, 9.17) is 16.3 Å². The second kappa shape index (κ2) is 8.28. The molecule has 128 valence electrons. The molecule has 0 unspecified atom stereocenters. The van der Waals surface area contributed by atoms with Crippen molar-refractivity contribution in [3.8, 4) is 0 Å². The minimum absolute atomic E-state index is 0.0316.